The van der Waals surface area contributed by atoms with E-state index in [1.165, 1.54) is 4.57 Å². The maximum Gasteiger partial charge on any atom is 0.275 e. The monoisotopic (exact) mass is 168 g/mol. The van der Waals surface area contributed by atoms with Gasteiger partial charge in [0.1, 0.15) is 6.73 Å². The Labute approximate surface area is 70.6 Å². The van der Waals surface area contributed by atoms with E-state index in [0.29, 0.717) is 6.61 Å². The van der Waals surface area contributed by atoms with Crippen molar-refractivity contribution in [2.45, 2.75) is 13.7 Å². The average Bonchev–Trinajstić information content (AvgIpc) is 2.08. The fourth-order valence-electron chi connectivity index (χ4n) is 0.847. The predicted molar refractivity (Wildman–Crippen MR) is 46.7 cm³/mol. The van der Waals surface area contributed by atoms with Gasteiger partial charge in [-0.2, -0.15) is 0 Å². The molecule has 66 valence electrons. The van der Waals surface area contributed by atoms with E-state index in [-0.39, 0.29) is 18.0 Å². The molecule has 12 heavy (non-hydrogen) atoms. The minimum atomic E-state index is -0.203. The highest BCUT2D eigenvalue weighted by molar-refractivity contribution is 5.33. The van der Waals surface area contributed by atoms with Gasteiger partial charge in [-0.3, -0.25) is 9.36 Å². The van der Waals surface area contributed by atoms with E-state index >= 15 is 0 Å². The first kappa shape index (κ1) is 8.80. The first-order valence-corrected chi connectivity index (χ1v) is 3.78. The molecule has 0 fully saturated rings. The van der Waals surface area contributed by atoms with E-state index < -0.39 is 0 Å². The molecule has 0 unspecified atom stereocenters. The van der Waals surface area contributed by atoms with Gasteiger partial charge >= 0.3 is 0 Å². The minimum absolute atomic E-state index is 0.203. The number of nitrogens with zero attached hydrogens (tertiary/aromatic N) is 1. The maximum absolute atomic E-state index is 11.2. The van der Waals surface area contributed by atoms with Gasteiger partial charge in [-0.1, -0.05) is 0 Å². The van der Waals surface area contributed by atoms with Crippen molar-refractivity contribution in [3.05, 3.63) is 28.7 Å². The molecule has 0 atom stereocenters. The fraction of sp³-hybridized carbons (Fsp3) is 0.375. The SMILES string of the molecule is CCOCn1cccc(N)c1=O. The zero-order chi connectivity index (χ0) is 8.97. The van der Waals surface area contributed by atoms with Gasteiger partial charge in [0.05, 0.1) is 5.69 Å². The Balaban J connectivity index is 2.85. The molecule has 1 aromatic rings. The van der Waals surface area contributed by atoms with Gasteiger partial charge in [0.15, 0.2) is 0 Å². The summed E-state index contributed by atoms with van der Waals surface area (Å²) < 4.78 is 6.49. The van der Waals surface area contributed by atoms with Gasteiger partial charge in [-0.25, -0.2) is 0 Å². The second-order valence-electron chi connectivity index (χ2n) is 2.36. The summed E-state index contributed by atoms with van der Waals surface area (Å²) in [5.41, 5.74) is 5.45. The molecule has 1 heterocycles. The van der Waals surface area contributed by atoms with Gasteiger partial charge in [0.2, 0.25) is 0 Å². The fourth-order valence-corrected chi connectivity index (χ4v) is 0.847. The minimum Gasteiger partial charge on any atom is -0.394 e. The van der Waals surface area contributed by atoms with E-state index in [2.05, 4.69) is 0 Å². The van der Waals surface area contributed by atoms with Gasteiger partial charge < -0.3 is 10.5 Å². The average molecular weight is 168 g/mol. The molecule has 0 radical (unpaired) electrons. The summed E-state index contributed by atoms with van der Waals surface area (Å²) in [6.07, 6.45) is 1.65. The Bertz CT molecular complexity index is 306. The third-order valence-corrected chi connectivity index (χ3v) is 1.48. The number of nitrogens with two attached hydrogens (primary N) is 1. The molecule has 0 saturated heterocycles. The van der Waals surface area contributed by atoms with Crippen LogP contribution in [0.3, 0.4) is 0 Å². The highest BCUT2D eigenvalue weighted by atomic mass is 16.5. The number of pyridine rings is 1. The van der Waals surface area contributed by atoms with Crippen molar-refractivity contribution in [1.82, 2.24) is 4.57 Å². The van der Waals surface area contributed by atoms with Crippen molar-refractivity contribution in [3.63, 3.8) is 0 Å². The zero-order valence-corrected chi connectivity index (χ0v) is 6.99. The summed E-state index contributed by atoms with van der Waals surface area (Å²) in [6, 6.07) is 3.29. The first-order valence-electron chi connectivity index (χ1n) is 3.78. The summed E-state index contributed by atoms with van der Waals surface area (Å²) in [6.45, 7) is 2.72. The number of rotatable bonds is 3. The van der Waals surface area contributed by atoms with Crippen LogP contribution in [0.5, 0.6) is 0 Å². The molecule has 4 heteroatoms. The summed E-state index contributed by atoms with van der Waals surface area (Å²) >= 11 is 0. The van der Waals surface area contributed by atoms with Crippen LogP contribution >= 0.6 is 0 Å². The van der Waals surface area contributed by atoms with Crippen molar-refractivity contribution in [2.24, 2.45) is 0 Å². The van der Waals surface area contributed by atoms with Crippen LogP contribution < -0.4 is 11.3 Å². The largest absolute Gasteiger partial charge is 0.394 e. The molecular weight excluding hydrogens is 156 g/mol. The molecule has 2 N–H and O–H groups in total. The Morgan fingerprint density at radius 1 is 1.67 bits per heavy atom. The maximum atomic E-state index is 11.2. The summed E-state index contributed by atoms with van der Waals surface area (Å²) in [5.74, 6) is 0. The molecule has 1 aromatic heterocycles. The lowest BCUT2D eigenvalue weighted by atomic mass is 10.4. The second kappa shape index (κ2) is 3.92. The molecule has 1 rings (SSSR count). The number of anilines is 1. The van der Waals surface area contributed by atoms with Crippen LogP contribution in [0.4, 0.5) is 5.69 Å². The van der Waals surface area contributed by atoms with E-state index in [1.807, 2.05) is 6.92 Å². The highest BCUT2D eigenvalue weighted by Gasteiger charge is 1.96. The Kier molecular flexibility index (Phi) is 2.88. The smallest absolute Gasteiger partial charge is 0.275 e. The lowest BCUT2D eigenvalue weighted by molar-refractivity contribution is 0.0855. The van der Waals surface area contributed by atoms with Crippen LogP contribution in [0.1, 0.15) is 6.92 Å². The van der Waals surface area contributed by atoms with Crippen LogP contribution in [-0.2, 0) is 11.5 Å². The summed E-state index contributed by atoms with van der Waals surface area (Å²) in [7, 11) is 0. The van der Waals surface area contributed by atoms with Crippen molar-refractivity contribution in [3.8, 4) is 0 Å². The summed E-state index contributed by atoms with van der Waals surface area (Å²) in [4.78, 5) is 11.2. The lowest BCUT2D eigenvalue weighted by Gasteiger charge is -2.04. The molecule has 0 bridgehead atoms. The second-order valence-corrected chi connectivity index (χ2v) is 2.36. The van der Waals surface area contributed by atoms with Crippen LogP contribution in [0.25, 0.3) is 0 Å². The number of hydrogen-bond acceptors (Lipinski definition) is 3. The molecule has 0 aromatic carbocycles. The van der Waals surface area contributed by atoms with E-state index in [9.17, 15) is 4.79 Å². The standard InChI is InChI=1S/C8H12N2O2/c1-2-12-6-10-5-3-4-7(9)8(10)11/h3-5H,2,6,9H2,1H3. The highest BCUT2D eigenvalue weighted by Crippen LogP contribution is 1.91. The van der Waals surface area contributed by atoms with Crippen molar-refractivity contribution < 1.29 is 4.74 Å². The zero-order valence-electron chi connectivity index (χ0n) is 6.99. The topological polar surface area (TPSA) is 57.2 Å². The first-order chi connectivity index (χ1) is 5.75. The molecule has 0 spiro atoms. The molecule has 0 aliphatic rings. The Morgan fingerprint density at radius 3 is 3.08 bits per heavy atom. The molecule has 0 saturated carbocycles. The van der Waals surface area contributed by atoms with E-state index in [4.69, 9.17) is 10.5 Å². The Morgan fingerprint density at radius 2 is 2.42 bits per heavy atom. The molecule has 0 aliphatic carbocycles. The van der Waals surface area contributed by atoms with Crippen molar-refractivity contribution in [1.29, 1.82) is 0 Å². The van der Waals surface area contributed by atoms with Crippen molar-refractivity contribution in [2.75, 3.05) is 12.3 Å². The summed E-state index contributed by atoms with van der Waals surface area (Å²) in [5, 5.41) is 0. The quantitative estimate of drug-likeness (QED) is 0.711. The molecule has 4 nitrogen and oxygen atoms in total. The van der Waals surface area contributed by atoms with Crippen LogP contribution in [0.2, 0.25) is 0 Å². The Hall–Kier alpha value is -1.29. The van der Waals surface area contributed by atoms with Gasteiger partial charge in [-0.05, 0) is 19.1 Å². The predicted octanol–water partition coefficient (Wildman–Crippen LogP) is 0.425. The van der Waals surface area contributed by atoms with Crippen LogP contribution in [0, 0.1) is 0 Å². The van der Waals surface area contributed by atoms with Gasteiger partial charge in [0.25, 0.3) is 5.56 Å². The molecule has 0 aliphatic heterocycles. The van der Waals surface area contributed by atoms with Gasteiger partial charge in [0, 0.05) is 12.8 Å². The number of aromatic nitrogens is 1. The number of ether oxygens (including phenoxy) is 1. The number of nitrogen functional groups attached to an aromatic ring is 1. The van der Waals surface area contributed by atoms with E-state index in [1.54, 1.807) is 18.3 Å². The van der Waals surface area contributed by atoms with E-state index in [0.717, 1.165) is 0 Å². The lowest BCUT2D eigenvalue weighted by Crippen LogP contribution is -2.22. The third kappa shape index (κ3) is 1.85. The molecular formula is C8H12N2O2. The normalized spacial score (nSPS) is 10.1. The van der Waals surface area contributed by atoms with Gasteiger partial charge in [-0.15, -0.1) is 0 Å². The number of hydrogen-bond donors (Lipinski definition) is 1. The van der Waals surface area contributed by atoms with Crippen LogP contribution in [-0.4, -0.2) is 11.2 Å². The van der Waals surface area contributed by atoms with Crippen LogP contribution in [0.15, 0.2) is 23.1 Å². The van der Waals surface area contributed by atoms with Crippen molar-refractivity contribution >= 4 is 5.69 Å². The third-order valence-electron chi connectivity index (χ3n) is 1.48. The molecule has 0 amide bonds.